The van der Waals surface area contributed by atoms with E-state index in [1.807, 2.05) is 23.9 Å². The van der Waals surface area contributed by atoms with E-state index in [1.54, 1.807) is 0 Å². The third-order valence-corrected chi connectivity index (χ3v) is 4.54. The summed E-state index contributed by atoms with van der Waals surface area (Å²) in [4.78, 5) is 1.29. The van der Waals surface area contributed by atoms with Crippen LogP contribution in [-0.4, -0.2) is 12.3 Å². The van der Waals surface area contributed by atoms with E-state index in [0.29, 0.717) is 0 Å². The first-order chi connectivity index (χ1) is 7.31. The van der Waals surface area contributed by atoms with Crippen molar-refractivity contribution in [1.29, 1.82) is 0 Å². The maximum Gasteiger partial charge on any atom is 0.0544 e. The van der Waals surface area contributed by atoms with Crippen LogP contribution in [0.4, 0.5) is 0 Å². The molecule has 82 valence electrons. The first kappa shape index (κ1) is 11.3. The molecule has 1 aromatic carbocycles. The highest BCUT2D eigenvalue weighted by atomic mass is 35.5. The molecule has 1 aromatic rings. The van der Waals surface area contributed by atoms with Crippen LogP contribution in [-0.2, 0) is 6.42 Å². The molecule has 0 radical (unpaired) electrons. The van der Waals surface area contributed by atoms with Gasteiger partial charge in [0, 0.05) is 4.90 Å². The molecule has 0 bridgehead atoms. The minimum atomic E-state index is 0.738. The molecule has 0 aliphatic carbocycles. The molecule has 0 aromatic heterocycles. The van der Waals surface area contributed by atoms with Crippen molar-refractivity contribution in [3.63, 3.8) is 0 Å². The summed E-state index contributed by atoms with van der Waals surface area (Å²) in [5.74, 6) is 1.91. The van der Waals surface area contributed by atoms with Crippen LogP contribution in [0.15, 0.2) is 23.1 Å². The molecule has 0 spiro atoms. The molecule has 1 nitrogen and oxygen atoms in total. The number of thioether (sulfide) groups is 1. The SMILES string of the molecule is NCCC1CCSc2c(Cl)cccc2C1. The Kier molecular flexibility index (Phi) is 3.95. The van der Waals surface area contributed by atoms with Crippen LogP contribution in [0.25, 0.3) is 0 Å². The molecule has 3 heteroatoms. The monoisotopic (exact) mass is 241 g/mol. The summed E-state index contributed by atoms with van der Waals surface area (Å²) in [5.41, 5.74) is 7.03. The number of nitrogens with two attached hydrogens (primary N) is 1. The predicted octanol–water partition coefficient (Wildman–Crippen LogP) is 3.34. The van der Waals surface area contributed by atoms with Gasteiger partial charge in [0.2, 0.25) is 0 Å². The van der Waals surface area contributed by atoms with Crippen LogP contribution in [0.2, 0.25) is 5.02 Å². The summed E-state index contributed by atoms with van der Waals surface area (Å²) in [6.45, 7) is 0.797. The minimum Gasteiger partial charge on any atom is -0.330 e. The number of benzene rings is 1. The van der Waals surface area contributed by atoms with Crippen molar-refractivity contribution in [2.45, 2.75) is 24.2 Å². The van der Waals surface area contributed by atoms with E-state index in [9.17, 15) is 0 Å². The van der Waals surface area contributed by atoms with E-state index >= 15 is 0 Å². The fourth-order valence-electron chi connectivity index (χ4n) is 2.10. The molecular formula is C12H16ClNS. The lowest BCUT2D eigenvalue weighted by Gasteiger charge is -2.12. The zero-order valence-electron chi connectivity index (χ0n) is 8.71. The highest BCUT2D eigenvalue weighted by molar-refractivity contribution is 7.99. The van der Waals surface area contributed by atoms with E-state index in [4.69, 9.17) is 17.3 Å². The van der Waals surface area contributed by atoms with E-state index < -0.39 is 0 Å². The summed E-state index contributed by atoms with van der Waals surface area (Å²) in [5, 5.41) is 0.908. The lowest BCUT2D eigenvalue weighted by molar-refractivity contribution is 0.479. The van der Waals surface area contributed by atoms with Crippen molar-refractivity contribution < 1.29 is 0 Å². The second kappa shape index (κ2) is 5.24. The van der Waals surface area contributed by atoms with Gasteiger partial charge in [0.1, 0.15) is 0 Å². The van der Waals surface area contributed by atoms with Gasteiger partial charge in [-0.25, -0.2) is 0 Å². The Bertz CT molecular complexity index is 340. The lowest BCUT2D eigenvalue weighted by atomic mass is 9.94. The van der Waals surface area contributed by atoms with Gasteiger partial charge in [-0.2, -0.15) is 0 Å². The van der Waals surface area contributed by atoms with Crippen LogP contribution >= 0.6 is 23.4 Å². The van der Waals surface area contributed by atoms with Crippen molar-refractivity contribution in [3.8, 4) is 0 Å². The molecule has 1 unspecified atom stereocenters. The van der Waals surface area contributed by atoms with Crippen molar-refractivity contribution in [3.05, 3.63) is 28.8 Å². The summed E-state index contributed by atoms with van der Waals surface area (Å²) in [6, 6.07) is 6.23. The van der Waals surface area contributed by atoms with E-state index in [-0.39, 0.29) is 0 Å². The maximum absolute atomic E-state index is 6.19. The Morgan fingerprint density at radius 1 is 1.47 bits per heavy atom. The third kappa shape index (κ3) is 2.68. The van der Waals surface area contributed by atoms with Crippen molar-refractivity contribution in [2.24, 2.45) is 11.7 Å². The largest absolute Gasteiger partial charge is 0.330 e. The lowest BCUT2D eigenvalue weighted by Crippen LogP contribution is -2.11. The standard InChI is InChI=1S/C12H16ClNS/c13-11-3-1-2-10-8-9(4-6-14)5-7-15-12(10)11/h1-3,9H,4-8,14H2. The highest BCUT2D eigenvalue weighted by Gasteiger charge is 2.17. The first-order valence-corrected chi connectivity index (χ1v) is 6.78. The van der Waals surface area contributed by atoms with Crippen LogP contribution in [0.1, 0.15) is 18.4 Å². The van der Waals surface area contributed by atoms with Gasteiger partial charge in [0.15, 0.2) is 0 Å². The average Bonchev–Trinajstić information content (AvgIpc) is 2.41. The molecule has 0 fully saturated rings. The molecule has 0 amide bonds. The molecule has 2 N–H and O–H groups in total. The summed E-state index contributed by atoms with van der Waals surface area (Å²) < 4.78 is 0. The van der Waals surface area contributed by atoms with Crippen molar-refractivity contribution >= 4 is 23.4 Å². The summed E-state index contributed by atoms with van der Waals surface area (Å²) in [6.07, 6.45) is 3.53. The topological polar surface area (TPSA) is 26.0 Å². The number of rotatable bonds is 2. The fourth-order valence-corrected chi connectivity index (χ4v) is 3.65. The molecule has 15 heavy (non-hydrogen) atoms. The molecule has 1 aliphatic heterocycles. The average molecular weight is 242 g/mol. The van der Waals surface area contributed by atoms with Crippen LogP contribution < -0.4 is 5.73 Å². The zero-order valence-corrected chi connectivity index (χ0v) is 10.3. The summed E-state index contributed by atoms with van der Waals surface area (Å²) >= 11 is 8.09. The second-order valence-electron chi connectivity index (χ2n) is 4.01. The van der Waals surface area contributed by atoms with Gasteiger partial charge in [-0.1, -0.05) is 23.7 Å². The Morgan fingerprint density at radius 2 is 2.33 bits per heavy atom. The van der Waals surface area contributed by atoms with E-state index in [2.05, 4.69) is 6.07 Å². The number of hydrogen-bond donors (Lipinski definition) is 1. The van der Waals surface area contributed by atoms with Gasteiger partial charge in [-0.15, -0.1) is 11.8 Å². The quantitative estimate of drug-likeness (QED) is 0.860. The molecule has 1 atom stereocenters. The van der Waals surface area contributed by atoms with Gasteiger partial charge in [0.25, 0.3) is 0 Å². The maximum atomic E-state index is 6.19. The molecule has 2 rings (SSSR count). The van der Waals surface area contributed by atoms with E-state index in [1.165, 1.54) is 22.6 Å². The Labute approximate surface area is 100 Å². The van der Waals surface area contributed by atoms with Gasteiger partial charge in [0.05, 0.1) is 5.02 Å². The van der Waals surface area contributed by atoms with E-state index in [0.717, 1.165) is 30.3 Å². The highest BCUT2D eigenvalue weighted by Crippen LogP contribution is 2.36. The van der Waals surface area contributed by atoms with Gasteiger partial charge >= 0.3 is 0 Å². The molecule has 1 heterocycles. The fraction of sp³-hybridized carbons (Fsp3) is 0.500. The number of fused-ring (bicyclic) bond motifs is 1. The Balaban J connectivity index is 2.22. The molecular weight excluding hydrogens is 226 g/mol. The van der Waals surface area contributed by atoms with Gasteiger partial charge in [-0.05, 0) is 49.1 Å². The second-order valence-corrected chi connectivity index (χ2v) is 5.53. The Hall–Kier alpha value is -0.180. The van der Waals surface area contributed by atoms with Crippen molar-refractivity contribution in [2.75, 3.05) is 12.3 Å². The molecule has 0 saturated carbocycles. The number of halogens is 1. The summed E-state index contributed by atoms with van der Waals surface area (Å²) in [7, 11) is 0. The number of hydrogen-bond acceptors (Lipinski definition) is 2. The molecule has 1 aliphatic rings. The third-order valence-electron chi connectivity index (χ3n) is 2.90. The Morgan fingerprint density at radius 3 is 3.13 bits per heavy atom. The smallest absolute Gasteiger partial charge is 0.0544 e. The van der Waals surface area contributed by atoms with Gasteiger partial charge < -0.3 is 5.73 Å². The zero-order chi connectivity index (χ0) is 10.7. The van der Waals surface area contributed by atoms with Crippen LogP contribution in [0, 0.1) is 5.92 Å². The first-order valence-electron chi connectivity index (χ1n) is 5.41. The minimum absolute atomic E-state index is 0.738. The van der Waals surface area contributed by atoms with Crippen LogP contribution in [0.5, 0.6) is 0 Å². The van der Waals surface area contributed by atoms with Gasteiger partial charge in [-0.3, -0.25) is 0 Å². The predicted molar refractivity (Wildman–Crippen MR) is 67.7 cm³/mol. The molecule has 0 saturated heterocycles. The van der Waals surface area contributed by atoms with Crippen LogP contribution in [0.3, 0.4) is 0 Å². The normalized spacial score (nSPS) is 20.8. The van der Waals surface area contributed by atoms with Crippen molar-refractivity contribution in [1.82, 2.24) is 0 Å².